The van der Waals surface area contributed by atoms with E-state index in [4.69, 9.17) is 9.72 Å². The Labute approximate surface area is 170 Å². The summed E-state index contributed by atoms with van der Waals surface area (Å²) in [6.07, 6.45) is 3.74. The van der Waals surface area contributed by atoms with Gasteiger partial charge >= 0.3 is 0 Å². The largest absolute Gasteiger partial charge is 0.494 e. The quantitative estimate of drug-likeness (QED) is 0.692. The van der Waals surface area contributed by atoms with Crippen molar-refractivity contribution in [2.24, 2.45) is 0 Å². The molecule has 3 aromatic rings. The Kier molecular flexibility index (Phi) is 5.76. The van der Waals surface area contributed by atoms with Gasteiger partial charge in [-0.05, 0) is 44.0 Å². The van der Waals surface area contributed by atoms with E-state index in [9.17, 15) is 4.79 Å². The highest BCUT2D eigenvalue weighted by Crippen LogP contribution is 2.26. The van der Waals surface area contributed by atoms with Gasteiger partial charge in [-0.1, -0.05) is 6.07 Å². The van der Waals surface area contributed by atoms with Gasteiger partial charge in [0.15, 0.2) is 0 Å². The van der Waals surface area contributed by atoms with Gasteiger partial charge in [0, 0.05) is 38.0 Å². The zero-order chi connectivity index (χ0) is 20.2. The highest BCUT2D eigenvalue weighted by Gasteiger charge is 2.23. The van der Waals surface area contributed by atoms with Crippen molar-refractivity contribution in [2.75, 3.05) is 25.0 Å². The van der Waals surface area contributed by atoms with Crippen LogP contribution < -0.4 is 10.1 Å². The van der Waals surface area contributed by atoms with Gasteiger partial charge in [0.25, 0.3) is 0 Å². The molecule has 29 heavy (non-hydrogen) atoms. The molecule has 4 rings (SSSR count). The summed E-state index contributed by atoms with van der Waals surface area (Å²) in [6.45, 7) is 6.97. The third-order valence-corrected chi connectivity index (χ3v) is 5.29. The standard InChI is InChI=1S/C22H27N5O2/c1-3-29-20-6-7-21-17(14-20)4-5-18(25-21)15-26-12-9-19(10-13-26)27-22(8-11-23-27)24-16(2)28/h4-8,11,14,19H,3,9-10,12-13,15H2,1-2H3,(H,24,28). The number of benzene rings is 1. The molecule has 0 unspecified atom stereocenters. The Balaban J connectivity index is 1.38. The number of nitrogens with one attached hydrogen (secondary N) is 1. The lowest BCUT2D eigenvalue weighted by Gasteiger charge is -2.32. The number of hydrogen-bond donors (Lipinski definition) is 1. The molecular weight excluding hydrogens is 366 g/mol. The highest BCUT2D eigenvalue weighted by molar-refractivity contribution is 5.87. The summed E-state index contributed by atoms with van der Waals surface area (Å²) in [5.41, 5.74) is 2.08. The Bertz CT molecular complexity index is 992. The van der Waals surface area contributed by atoms with Crippen LogP contribution in [0.2, 0.25) is 0 Å². The minimum atomic E-state index is -0.0695. The molecule has 1 saturated heterocycles. The maximum atomic E-state index is 11.4. The summed E-state index contributed by atoms with van der Waals surface area (Å²) in [6, 6.07) is 12.4. The van der Waals surface area contributed by atoms with Crippen molar-refractivity contribution < 1.29 is 9.53 Å². The normalized spacial score (nSPS) is 15.5. The number of amides is 1. The minimum absolute atomic E-state index is 0.0695. The van der Waals surface area contributed by atoms with Crippen LogP contribution in [-0.4, -0.2) is 45.3 Å². The number of piperidine rings is 1. The van der Waals surface area contributed by atoms with Crippen molar-refractivity contribution in [2.45, 2.75) is 39.3 Å². The molecule has 1 aromatic carbocycles. The van der Waals surface area contributed by atoms with Gasteiger partial charge in [-0.25, -0.2) is 4.68 Å². The third-order valence-electron chi connectivity index (χ3n) is 5.29. The zero-order valence-corrected chi connectivity index (χ0v) is 17.0. The molecule has 7 nitrogen and oxygen atoms in total. The van der Waals surface area contributed by atoms with E-state index in [0.717, 1.165) is 60.6 Å². The monoisotopic (exact) mass is 393 g/mol. The predicted octanol–water partition coefficient (Wildman–Crippen LogP) is 3.63. The number of carbonyl (C=O) groups excluding carboxylic acids is 1. The van der Waals surface area contributed by atoms with Gasteiger partial charge in [0.05, 0.1) is 30.1 Å². The fraction of sp³-hybridized carbons (Fsp3) is 0.409. The molecule has 1 aliphatic rings. The molecule has 0 radical (unpaired) electrons. The van der Waals surface area contributed by atoms with Crippen molar-refractivity contribution in [3.63, 3.8) is 0 Å². The Morgan fingerprint density at radius 1 is 1.21 bits per heavy atom. The van der Waals surface area contributed by atoms with Gasteiger partial charge < -0.3 is 10.1 Å². The maximum Gasteiger partial charge on any atom is 0.222 e. The van der Waals surface area contributed by atoms with Crippen LogP contribution in [0.5, 0.6) is 5.75 Å². The van der Waals surface area contributed by atoms with E-state index < -0.39 is 0 Å². The molecule has 1 fully saturated rings. The van der Waals surface area contributed by atoms with Gasteiger partial charge in [-0.2, -0.15) is 5.10 Å². The van der Waals surface area contributed by atoms with Gasteiger partial charge in [0.2, 0.25) is 5.91 Å². The third kappa shape index (κ3) is 4.56. The molecule has 0 atom stereocenters. The van der Waals surface area contributed by atoms with Crippen molar-refractivity contribution in [1.29, 1.82) is 0 Å². The van der Waals surface area contributed by atoms with Crippen LogP contribution in [0.1, 0.15) is 38.4 Å². The van der Waals surface area contributed by atoms with Crippen molar-refractivity contribution in [3.05, 3.63) is 48.3 Å². The summed E-state index contributed by atoms with van der Waals surface area (Å²) in [4.78, 5) is 18.6. The van der Waals surface area contributed by atoms with E-state index in [0.29, 0.717) is 12.6 Å². The smallest absolute Gasteiger partial charge is 0.222 e. The van der Waals surface area contributed by atoms with E-state index >= 15 is 0 Å². The second-order valence-electron chi connectivity index (χ2n) is 7.44. The van der Waals surface area contributed by atoms with Gasteiger partial charge in [-0.15, -0.1) is 0 Å². The van der Waals surface area contributed by atoms with E-state index in [2.05, 4.69) is 27.4 Å². The van der Waals surface area contributed by atoms with Crippen LogP contribution in [0.4, 0.5) is 5.82 Å². The number of aromatic nitrogens is 3. The first-order valence-corrected chi connectivity index (χ1v) is 10.2. The average molecular weight is 393 g/mol. The molecule has 2 aromatic heterocycles. The lowest BCUT2D eigenvalue weighted by molar-refractivity contribution is -0.114. The van der Waals surface area contributed by atoms with E-state index in [1.807, 2.05) is 35.9 Å². The number of fused-ring (bicyclic) bond motifs is 1. The summed E-state index contributed by atoms with van der Waals surface area (Å²) < 4.78 is 7.52. The predicted molar refractivity (Wildman–Crippen MR) is 113 cm³/mol. The number of carbonyl (C=O) groups is 1. The van der Waals surface area contributed by atoms with E-state index in [1.165, 1.54) is 6.92 Å². The molecule has 0 aliphatic carbocycles. The first-order chi connectivity index (χ1) is 14.1. The highest BCUT2D eigenvalue weighted by atomic mass is 16.5. The molecule has 7 heteroatoms. The fourth-order valence-corrected chi connectivity index (χ4v) is 3.93. The first kappa shape index (κ1) is 19.4. The van der Waals surface area contributed by atoms with Crippen LogP contribution in [0.3, 0.4) is 0 Å². The van der Waals surface area contributed by atoms with Gasteiger partial charge in [-0.3, -0.25) is 14.7 Å². The molecule has 1 aliphatic heterocycles. The molecule has 1 N–H and O–H groups in total. The maximum absolute atomic E-state index is 11.4. The minimum Gasteiger partial charge on any atom is -0.494 e. The van der Waals surface area contributed by atoms with Crippen LogP contribution in [0, 0.1) is 0 Å². The molecule has 152 valence electrons. The molecule has 0 spiro atoms. The van der Waals surface area contributed by atoms with Crippen LogP contribution in [-0.2, 0) is 11.3 Å². The van der Waals surface area contributed by atoms with Gasteiger partial charge in [0.1, 0.15) is 11.6 Å². The molecular formula is C22H27N5O2. The molecule has 0 bridgehead atoms. The second kappa shape index (κ2) is 8.61. The van der Waals surface area contributed by atoms with Crippen molar-refractivity contribution in [3.8, 4) is 5.75 Å². The van der Waals surface area contributed by atoms with Crippen molar-refractivity contribution in [1.82, 2.24) is 19.7 Å². The Morgan fingerprint density at radius 2 is 2.03 bits per heavy atom. The number of likely N-dealkylation sites (tertiary alicyclic amines) is 1. The van der Waals surface area contributed by atoms with Crippen LogP contribution >= 0.6 is 0 Å². The second-order valence-corrected chi connectivity index (χ2v) is 7.44. The number of anilines is 1. The molecule has 0 saturated carbocycles. The number of rotatable bonds is 6. The number of ether oxygens (including phenoxy) is 1. The average Bonchev–Trinajstić information content (AvgIpc) is 3.16. The summed E-state index contributed by atoms with van der Waals surface area (Å²) in [5.74, 6) is 1.59. The lowest BCUT2D eigenvalue weighted by atomic mass is 10.0. The Morgan fingerprint density at radius 3 is 2.79 bits per heavy atom. The molecule has 3 heterocycles. The topological polar surface area (TPSA) is 72.3 Å². The van der Waals surface area contributed by atoms with Crippen LogP contribution in [0.15, 0.2) is 42.6 Å². The molecule has 1 amide bonds. The number of pyridine rings is 1. The van der Waals surface area contributed by atoms with E-state index in [1.54, 1.807) is 6.20 Å². The van der Waals surface area contributed by atoms with Crippen LogP contribution in [0.25, 0.3) is 10.9 Å². The number of hydrogen-bond acceptors (Lipinski definition) is 5. The number of nitrogens with zero attached hydrogens (tertiary/aromatic N) is 4. The lowest BCUT2D eigenvalue weighted by Crippen LogP contribution is -2.35. The summed E-state index contributed by atoms with van der Waals surface area (Å²) >= 11 is 0. The SMILES string of the molecule is CCOc1ccc2nc(CN3CCC(n4nccc4NC(C)=O)CC3)ccc2c1. The fourth-order valence-electron chi connectivity index (χ4n) is 3.93. The summed E-state index contributed by atoms with van der Waals surface area (Å²) in [5, 5.41) is 8.38. The Hall–Kier alpha value is -2.93. The van der Waals surface area contributed by atoms with Crippen molar-refractivity contribution >= 4 is 22.6 Å². The van der Waals surface area contributed by atoms with E-state index in [-0.39, 0.29) is 5.91 Å². The zero-order valence-electron chi connectivity index (χ0n) is 17.0. The summed E-state index contributed by atoms with van der Waals surface area (Å²) in [7, 11) is 0. The first-order valence-electron chi connectivity index (χ1n) is 10.2.